The van der Waals surface area contributed by atoms with Gasteiger partial charge in [-0.25, -0.2) is 0 Å². The van der Waals surface area contributed by atoms with Gasteiger partial charge in [0, 0.05) is 19.3 Å². The Morgan fingerprint density at radius 3 is 2.87 bits per heavy atom. The second-order valence-electron chi connectivity index (χ2n) is 5.90. The van der Waals surface area contributed by atoms with E-state index in [1.165, 1.54) is 5.57 Å². The third-order valence-electron chi connectivity index (χ3n) is 4.02. The molecule has 1 aromatic heterocycles. The summed E-state index contributed by atoms with van der Waals surface area (Å²) in [6.45, 7) is 8.63. The summed E-state index contributed by atoms with van der Waals surface area (Å²) >= 11 is 5.69. The summed E-state index contributed by atoms with van der Waals surface area (Å²) in [5.74, 6) is 0.134. The van der Waals surface area contributed by atoms with Crippen molar-refractivity contribution in [1.82, 2.24) is 15.2 Å². The Labute approximate surface area is 144 Å². The number of ether oxygens (including phenoxy) is 1. The third-order valence-corrected chi connectivity index (χ3v) is 4.45. The second-order valence-corrected chi connectivity index (χ2v) is 6.34. The minimum absolute atomic E-state index is 0.134. The molecular weight excluding hydrogens is 306 g/mol. The first kappa shape index (κ1) is 18.0. The smallest absolute Gasteiger partial charge is 0.0858 e. The van der Waals surface area contributed by atoms with E-state index in [-0.39, 0.29) is 5.92 Å². The first-order valence-corrected chi connectivity index (χ1v) is 8.76. The molecule has 0 radical (unpaired) electrons. The molecule has 4 nitrogen and oxygen atoms in total. The molecule has 0 saturated carbocycles. The van der Waals surface area contributed by atoms with Gasteiger partial charge < -0.3 is 10.1 Å². The van der Waals surface area contributed by atoms with Crippen molar-refractivity contribution in [3.8, 4) is 0 Å². The van der Waals surface area contributed by atoms with E-state index >= 15 is 0 Å². The summed E-state index contributed by atoms with van der Waals surface area (Å²) in [6, 6.07) is 6.03. The highest BCUT2D eigenvalue weighted by molar-refractivity contribution is 7.80. The van der Waals surface area contributed by atoms with Gasteiger partial charge in [-0.1, -0.05) is 36.9 Å². The highest BCUT2D eigenvalue weighted by Crippen LogP contribution is 2.23. The van der Waals surface area contributed by atoms with Gasteiger partial charge in [0.15, 0.2) is 0 Å². The molecule has 1 aliphatic rings. The maximum atomic E-state index is 5.69. The predicted molar refractivity (Wildman–Crippen MR) is 98.6 cm³/mol. The zero-order valence-electron chi connectivity index (χ0n) is 14.1. The van der Waals surface area contributed by atoms with E-state index in [0.29, 0.717) is 0 Å². The van der Waals surface area contributed by atoms with Gasteiger partial charge in [-0.05, 0) is 31.9 Å². The molecule has 23 heavy (non-hydrogen) atoms. The molecule has 0 aliphatic carbocycles. The van der Waals surface area contributed by atoms with Crippen LogP contribution >= 0.6 is 12.2 Å². The van der Waals surface area contributed by atoms with E-state index in [1.54, 1.807) is 0 Å². The fraction of sp³-hybridized carbons (Fsp3) is 0.556. The lowest BCUT2D eigenvalue weighted by Gasteiger charge is -2.28. The topological polar surface area (TPSA) is 37.4 Å². The standard InChI is InChI=1S/C18H27N3OS/c1-3-6-15(2)13-16(17-7-4-5-8-19-17)18(23)20-14-21-9-11-22-12-10-21/h4-8,16H,3,9-14H2,1-2H3,(H,20,23). The van der Waals surface area contributed by atoms with Gasteiger partial charge in [-0.3, -0.25) is 9.88 Å². The first-order valence-electron chi connectivity index (χ1n) is 8.35. The minimum atomic E-state index is 0.134. The van der Waals surface area contributed by atoms with E-state index < -0.39 is 0 Å². The molecule has 0 amide bonds. The highest BCUT2D eigenvalue weighted by Gasteiger charge is 2.19. The van der Waals surface area contributed by atoms with Gasteiger partial charge >= 0.3 is 0 Å². The number of morpholine rings is 1. The van der Waals surface area contributed by atoms with Crippen molar-refractivity contribution in [1.29, 1.82) is 0 Å². The van der Waals surface area contributed by atoms with E-state index in [0.717, 1.165) is 56.5 Å². The molecule has 1 aliphatic heterocycles. The number of pyridine rings is 1. The van der Waals surface area contributed by atoms with Gasteiger partial charge in [0.25, 0.3) is 0 Å². The van der Waals surface area contributed by atoms with Gasteiger partial charge in [0.1, 0.15) is 0 Å². The van der Waals surface area contributed by atoms with Crippen LogP contribution in [0.15, 0.2) is 36.0 Å². The van der Waals surface area contributed by atoms with Crippen molar-refractivity contribution in [3.05, 3.63) is 41.7 Å². The molecule has 1 aromatic rings. The second kappa shape index (κ2) is 9.75. The summed E-state index contributed by atoms with van der Waals surface area (Å²) in [4.78, 5) is 7.73. The Hall–Kier alpha value is -1.30. The number of nitrogens with one attached hydrogen (secondary N) is 1. The SMILES string of the molecule is CCC=C(C)CC(C(=S)NCN1CCOCC1)c1ccccn1. The molecule has 1 unspecified atom stereocenters. The number of allylic oxidation sites excluding steroid dienone is 2. The average Bonchev–Trinajstić information content (AvgIpc) is 2.59. The summed E-state index contributed by atoms with van der Waals surface area (Å²) in [6.07, 6.45) is 6.07. The Bertz CT molecular complexity index is 512. The Kier molecular flexibility index (Phi) is 7.65. The maximum absolute atomic E-state index is 5.69. The lowest BCUT2D eigenvalue weighted by Crippen LogP contribution is -2.44. The number of hydrogen-bond acceptors (Lipinski definition) is 4. The van der Waals surface area contributed by atoms with Crippen LogP contribution in [0.25, 0.3) is 0 Å². The zero-order valence-corrected chi connectivity index (χ0v) is 14.9. The van der Waals surface area contributed by atoms with Crippen molar-refractivity contribution in [2.24, 2.45) is 0 Å². The lowest BCUT2D eigenvalue weighted by molar-refractivity contribution is 0.0366. The molecule has 5 heteroatoms. The molecule has 2 rings (SSSR count). The van der Waals surface area contributed by atoms with Crippen molar-refractivity contribution in [2.75, 3.05) is 33.0 Å². The maximum Gasteiger partial charge on any atom is 0.0858 e. The zero-order chi connectivity index (χ0) is 16.5. The van der Waals surface area contributed by atoms with Gasteiger partial charge in [-0.15, -0.1) is 0 Å². The number of rotatable bonds is 7. The molecule has 0 spiro atoms. The van der Waals surface area contributed by atoms with Crippen LogP contribution in [0.4, 0.5) is 0 Å². The number of hydrogen-bond donors (Lipinski definition) is 1. The largest absolute Gasteiger partial charge is 0.379 e. The van der Waals surface area contributed by atoms with E-state index in [2.05, 4.69) is 41.2 Å². The molecule has 1 saturated heterocycles. The van der Waals surface area contributed by atoms with Gasteiger partial charge in [-0.2, -0.15) is 0 Å². The van der Waals surface area contributed by atoms with Crippen LogP contribution in [0.2, 0.25) is 0 Å². The fourth-order valence-corrected chi connectivity index (χ4v) is 3.01. The van der Waals surface area contributed by atoms with E-state index in [4.69, 9.17) is 17.0 Å². The number of nitrogens with zero attached hydrogens (tertiary/aromatic N) is 2. The van der Waals surface area contributed by atoms with Crippen LogP contribution in [0.3, 0.4) is 0 Å². The molecule has 2 heterocycles. The summed E-state index contributed by atoms with van der Waals surface area (Å²) in [5, 5.41) is 3.43. The van der Waals surface area contributed by atoms with Gasteiger partial charge in [0.05, 0.1) is 36.5 Å². The number of aromatic nitrogens is 1. The summed E-state index contributed by atoms with van der Waals surface area (Å²) < 4.78 is 5.38. The average molecular weight is 334 g/mol. The van der Waals surface area contributed by atoms with E-state index in [1.807, 2.05) is 18.3 Å². The normalized spacial score (nSPS) is 17.7. The van der Waals surface area contributed by atoms with Crippen molar-refractivity contribution >= 4 is 17.2 Å². The summed E-state index contributed by atoms with van der Waals surface area (Å²) in [7, 11) is 0. The van der Waals surface area contributed by atoms with Crippen LogP contribution < -0.4 is 5.32 Å². The Balaban J connectivity index is 2.00. The molecule has 0 bridgehead atoms. The van der Waals surface area contributed by atoms with Crippen molar-refractivity contribution in [3.63, 3.8) is 0 Å². The quantitative estimate of drug-likeness (QED) is 0.613. The first-order chi connectivity index (χ1) is 11.2. The molecule has 1 atom stereocenters. The molecule has 0 aromatic carbocycles. The molecule has 1 N–H and O–H groups in total. The van der Waals surface area contributed by atoms with E-state index in [9.17, 15) is 0 Å². The highest BCUT2D eigenvalue weighted by atomic mass is 32.1. The fourth-order valence-electron chi connectivity index (χ4n) is 2.74. The molecule has 126 valence electrons. The Morgan fingerprint density at radius 2 is 2.22 bits per heavy atom. The van der Waals surface area contributed by atoms with Crippen LogP contribution in [0.5, 0.6) is 0 Å². The lowest BCUT2D eigenvalue weighted by atomic mass is 9.95. The predicted octanol–water partition coefficient (Wildman–Crippen LogP) is 3.12. The van der Waals surface area contributed by atoms with Crippen LogP contribution in [-0.4, -0.2) is 47.8 Å². The molecular formula is C18H27N3OS. The van der Waals surface area contributed by atoms with Crippen molar-refractivity contribution < 1.29 is 4.74 Å². The van der Waals surface area contributed by atoms with Gasteiger partial charge in [0.2, 0.25) is 0 Å². The number of thiocarbonyl (C=S) groups is 1. The van der Waals surface area contributed by atoms with Crippen LogP contribution in [-0.2, 0) is 4.74 Å². The molecule has 1 fully saturated rings. The van der Waals surface area contributed by atoms with Crippen molar-refractivity contribution in [2.45, 2.75) is 32.6 Å². The monoisotopic (exact) mass is 333 g/mol. The van der Waals surface area contributed by atoms with Crippen LogP contribution in [0, 0.1) is 0 Å². The Morgan fingerprint density at radius 1 is 1.43 bits per heavy atom. The third kappa shape index (κ3) is 6.01. The minimum Gasteiger partial charge on any atom is -0.379 e. The summed E-state index contributed by atoms with van der Waals surface area (Å²) in [5.41, 5.74) is 2.40. The van der Waals surface area contributed by atoms with Crippen LogP contribution in [0.1, 0.15) is 38.3 Å².